The molecule has 1 aromatic rings. The lowest BCUT2D eigenvalue weighted by Gasteiger charge is -2.35. The van der Waals surface area contributed by atoms with Crippen molar-refractivity contribution in [2.24, 2.45) is 5.73 Å². The Hall–Kier alpha value is -1.14. The SMILES string of the molecule is CCC(C)N(CC)C(CN)c1ccc(F)c(C(F)(F)F)c1. The number of benzene rings is 1. The zero-order valence-corrected chi connectivity index (χ0v) is 12.5. The summed E-state index contributed by atoms with van der Waals surface area (Å²) in [5, 5.41) is 0. The molecule has 0 spiro atoms. The lowest BCUT2D eigenvalue weighted by Crippen LogP contribution is -2.39. The molecule has 1 rings (SSSR count). The van der Waals surface area contributed by atoms with E-state index in [9.17, 15) is 17.6 Å². The van der Waals surface area contributed by atoms with Gasteiger partial charge in [0.1, 0.15) is 5.82 Å². The van der Waals surface area contributed by atoms with Crippen molar-refractivity contribution in [2.75, 3.05) is 13.1 Å². The number of likely N-dealkylation sites (N-methyl/N-ethyl adjacent to an activating group) is 1. The fraction of sp³-hybridized carbons (Fsp3) is 0.600. The highest BCUT2D eigenvalue weighted by molar-refractivity contribution is 5.30. The fourth-order valence-corrected chi connectivity index (χ4v) is 2.50. The summed E-state index contributed by atoms with van der Waals surface area (Å²) in [5.41, 5.74) is 4.91. The molecule has 0 saturated carbocycles. The largest absolute Gasteiger partial charge is 0.419 e. The highest BCUT2D eigenvalue weighted by atomic mass is 19.4. The van der Waals surface area contributed by atoms with Crippen LogP contribution in [0.4, 0.5) is 17.6 Å². The van der Waals surface area contributed by atoms with Gasteiger partial charge in [-0.25, -0.2) is 4.39 Å². The van der Waals surface area contributed by atoms with E-state index in [2.05, 4.69) is 0 Å². The molecule has 2 N–H and O–H groups in total. The van der Waals surface area contributed by atoms with Gasteiger partial charge in [0.05, 0.1) is 5.56 Å². The van der Waals surface area contributed by atoms with Gasteiger partial charge in [0.2, 0.25) is 0 Å². The minimum Gasteiger partial charge on any atom is -0.329 e. The van der Waals surface area contributed by atoms with Crippen molar-refractivity contribution < 1.29 is 17.6 Å². The third-order valence-corrected chi connectivity index (χ3v) is 3.83. The van der Waals surface area contributed by atoms with Crippen LogP contribution >= 0.6 is 0 Å². The van der Waals surface area contributed by atoms with Crippen molar-refractivity contribution in [3.05, 3.63) is 35.1 Å². The maximum absolute atomic E-state index is 13.4. The lowest BCUT2D eigenvalue weighted by molar-refractivity contribution is -0.140. The van der Waals surface area contributed by atoms with Gasteiger partial charge in [-0.05, 0) is 37.6 Å². The van der Waals surface area contributed by atoms with Crippen LogP contribution in [0.25, 0.3) is 0 Å². The summed E-state index contributed by atoms with van der Waals surface area (Å²) >= 11 is 0. The second kappa shape index (κ2) is 7.22. The zero-order valence-electron chi connectivity index (χ0n) is 12.5. The van der Waals surface area contributed by atoms with E-state index >= 15 is 0 Å². The van der Waals surface area contributed by atoms with Crippen LogP contribution in [0.2, 0.25) is 0 Å². The van der Waals surface area contributed by atoms with Crippen LogP contribution in [0, 0.1) is 5.82 Å². The Labute approximate surface area is 122 Å². The van der Waals surface area contributed by atoms with Gasteiger partial charge in [-0.1, -0.05) is 19.9 Å². The Bertz CT molecular complexity index is 459. The predicted octanol–water partition coefficient (Wildman–Crippen LogP) is 3.96. The average Bonchev–Trinajstić information content (AvgIpc) is 2.43. The molecule has 2 unspecified atom stereocenters. The van der Waals surface area contributed by atoms with E-state index in [1.54, 1.807) is 0 Å². The molecule has 0 bridgehead atoms. The van der Waals surface area contributed by atoms with Gasteiger partial charge in [0.15, 0.2) is 0 Å². The zero-order chi connectivity index (χ0) is 16.2. The van der Waals surface area contributed by atoms with E-state index in [0.29, 0.717) is 12.1 Å². The molecule has 0 radical (unpaired) electrons. The van der Waals surface area contributed by atoms with Crippen LogP contribution in [0.1, 0.15) is 44.4 Å². The van der Waals surface area contributed by atoms with Gasteiger partial charge in [0, 0.05) is 18.6 Å². The van der Waals surface area contributed by atoms with Crippen molar-refractivity contribution >= 4 is 0 Å². The highest BCUT2D eigenvalue weighted by Gasteiger charge is 2.35. The van der Waals surface area contributed by atoms with E-state index in [-0.39, 0.29) is 18.6 Å². The molecule has 0 aromatic heterocycles. The van der Waals surface area contributed by atoms with Gasteiger partial charge >= 0.3 is 6.18 Å². The summed E-state index contributed by atoms with van der Waals surface area (Å²) < 4.78 is 51.8. The lowest BCUT2D eigenvalue weighted by atomic mass is 10.00. The fourth-order valence-electron chi connectivity index (χ4n) is 2.50. The Morgan fingerprint density at radius 2 is 1.86 bits per heavy atom. The molecule has 6 heteroatoms. The van der Waals surface area contributed by atoms with Crippen LogP contribution in [0.15, 0.2) is 18.2 Å². The van der Waals surface area contributed by atoms with Crippen LogP contribution in [-0.2, 0) is 6.18 Å². The smallest absolute Gasteiger partial charge is 0.329 e. The molecular formula is C15H22F4N2. The van der Waals surface area contributed by atoms with E-state index in [4.69, 9.17) is 5.73 Å². The number of halogens is 4. The first-order valence-electron chi connectivity index (χ1n) is 7.08. The van der Waals surface area contributed by atoms with Crippen molar-refractivity contribution in [3.63, 3.8) is 0 Å². The summed E-state index contributed by atoms with van der Waals surface area (Å²) in [6.07, 6.45) is -3.84. The molecule has 0 aliphatic heterocycles. The molecule has 21 heavy (non-hydrogen) atoms. The topological polar surface area (TPSA) is 29.3 Å². The van der Waals surface area contributed by atoms with Crippen LogP contribution < -0.4 is 5.73 Å². The minimum absolute atomic E-state index is 0.182. The van der Waals surface area contributed by atoms with E-state index in [1.807, 2.05) is 25.7 Å². The summed E-state index contributed by atoms with van der Waals surface area (Å²) in [6.45, 7) is 6.78. The summed E-state index contributed by atoms with van der Waals surface area (Å²) in [5.74, 6) is -1.26. The first kappa shape index (κ1) is 17.9. The van der Waals surface area contributed by atoms with Crippen molar-refractivity contribution in [1.29, 1.82) is 0 Å². The van der Waals surface area contributed by atoms with Gasteiger partial charge in [-0.3, -0.25) is 4.90 Å². The molecule has 0 heterocycles. The Balaban J connectivity index is 3.23. The Kier molecular flexibility index (Phi) is 6.16. The molecule has 1 aromatic carbocycles. The van der Waals surface area contributed by atoms with Gasteiger partial charge < -0.3 is 5.73 Å². The molecule has 0 amide bonds. The molecule has 0 fully saturated rings. The van der Waals surface area contributed by atoms with Crippen molar-refractivity contribution in [3.8, 4) is 0 Å². The second-order valence-corrected chi connectivity index (χ2v) is 5.08. The summed E-state index contributed by atoms with van der Waals surface area (Å²) in [7, 11) is 0. The third kappa shape index (κ3) is 4.17. The number of hydrogen-bond acceptors (Lipinski definition) is 2. The number of hydrogen-bond donors (Lipinski definition) is 1. The molecule has 2 atom stereocenters. The van der Waals surface area contributed by atoms with Crippen LogP contribution in [0.3, 0.4) is 0 Å². The molecular weight excluding hydrogens is 284 g/mol. The van der Waals surface area contributed by atoms with Gasteiger partial charge in [-0.2, -0.15) is 13.2 Å². The van der Waals surface area contributed by atoms with Crippen molar-refractivity contribution in [2.45, 2.75) is 45.5 Å². The Morgan fingerprint density at radius 3 is 2.29 bits per heavy atom. The van der Waals surface area contributed by atoms with E-state index in [1.165, 1.54) is 6.07 Å². The number of nitrogens with zero attached hydrogens (tertiary/aromatic N) is 1. The summed E-state index contributed by atoms with van der Waals surface area (Å²) in [4.78, 5) is 2.04. The average molecular weight is 306 g/mol. The van der Waals surface area contributed by atoms with Crippen molar-refractivity contribution in [1.82, 2.24) is 4.90 Å². The first-order chi connectivity index (χ1) is 9.76. The minimum atomic E-state index is -4.70. The number of alkyl halides is 3. The standard InChI is InChI=1S/C15H22F4N2/c1-4-10(3)21(5-2)14(9-20)11-6-7-13(16)12(8-11)15(17,18)19/h6-8,10,14H,4-5,9,20H2,1-3H3. The van der Waals surface area contributed by atoms with E-state index in [0.717, 1.165) is 18.6 Å². The molecule has 0 aliphatic rings. The quantitative estimate of drug-likeness (QED) is 0.806. The molecule has 0 saturated heterocycles. The maximum Gasteiger partial charge on any atom is 0.419 e. The molecule has 0 aliphatic carbocycles. The second-order valence-electron chi connectivity index (χ2n) is 5.08. The highest BCUT2D eigenvalue weighted by Crippen LogP contribution is 2.34. The van der Waals surface area contributed by atoms with Crippen LogP contribution in [-0.4, -0.2) is 24.0 Å². The predicted molar refractivity (Wildman–Crippen MR) is 75.3 cm³/mol. The number of rotatable bonds is 6. The maximum atomic E-state index is 13.4. The van der Waals surface area contributed by atoms with Crippen LogP contribution in [0.5, 0.6) is 0 Å². The summed E-state index contributed by atoms with van der Waals surface area (Å²) in [6, 6.07) is 2.95. The monoisotopic (exact) mass is 306 g/mol. The van der Waals surface area contributed by atoms with Gasteiger partial charge in [0.25, 0.3) is 0 Å². The number of nitrogens with two attached hydrogens (primary N) is 1. The van der Waals surface area contributed by atoms with E-state index < -0.39 is 17.6 Å². The van der Waals surface area contributed by atoms with Gasteiger partial charge in [-0.15, -0.1) is 0 Å². The normalized spacial score (nSPS) is 15.3. The molecule has 2 nitrogen and oxygen atoms in total. The third-order valence-electron chi connectivity index (χ3n) is 3.83. The Morgan fingerprint density at radius 1 is 1.24 bits per heavy atom. The first-order valence-corrected chi connectivity index (χ1v) is 7.08. The molecule has 120 valence electrons.